The third-order valence-electron chi connectivity index (χ3n) is 4.35. The van der Waals surface area contributed by atoms with E-state index in [2.05, 4.69) is 11.4 Å². The van der Waals surface area contributed by atoms with Gasteiger partial charge in [0.15, 0.2) is 0 Å². The minimum atomic E-state index is -4.43. The van der Waals surface area contributed by atoms with E-state index in [0.717, 1.165) is 12.8 Å². The molecular formula is C19H42NO5P. The SMILES string of the molecule is CCCCCCCCCCCCCCOC(COP(=O)(O)O)CN(C)C. The summed E-state index contributed by atoms with van der Waals surface area (Å²) in [7, 11) is -0.632. The zero-order chi connectivity index (χ0) is 19.7. The topological polar surface area (TPSA) is 79.2 Å². The predicted octanol–water partition coefficient (Wildman–Crippen LogP) is 4.74. The van der Waals surface area contributed by atoms with E-state index >= 15 is 0 Å². The summed E-state index contributed by atoms with van der Waals surface area (Å²) in [6.07, 6.45) is 15.3. The fourth-order valence-electron chi connectivity index (χ4n) is 2.93. The number of unbranched alkanes of at least 4 members (excludes halogenated alkanes) is 11. The Bertz CT molecular complexity index is 349. The monoisotopic (exact) mass is 395 g/mol. The summed E-state index contributed by atoms with van der Waals surface area (Å²) in [5.41, 5.74) is 0. The second kappa shape index (κ2) is 17.2. The molecule has 0 aromatic rings. The molecule has 6 nitrogen and oxygen atoms in total. The molecule has 0 fully saturated rings. The zero-order valence-electron chi connectivity index (χ0n) is 17.2. The molecule has 0 saturated heterocycles. The van der Waals surface area contributed by atoms with E-state index in [-0.39, 0.29) is 12.7 Å². The van der Waals surface area contributed by atoms with Crippen LogP contribution in [0.2, 0.25) is 0 Å². The third kappa shape index (κ3) is 20.3. The third-order valence-corrected chi connectivity index (χ3v) is 4.83. The first-order chi connectivity index (χ1) is 12.3. The number of ether oxygens (including phenoxy) is 1. The van der Waals surface area contributed by atoms with Crippen molar-refractivity contribution in [2.45, 2.75) is 90.1 Å². The molecule has 0 spiro atoms. The lowest BCUT2D eigenvalue weighted by atomic mass is 10.1. The Morgan fingerprint density at radius 2 is 1.31 bits per heavy atom. The van der Waals surface area contributed by atoms with Gasteiger partial charge in [-0.05, 0) is 20.5 Å². The molecule has 0 aliphatic heterocycles. The van der Waals surface area contributed by atoms with Crippen LogP contribution in [0, 0.1) is 0 Å². The van der Waals surface area contributed by atoms with Gasteiger partial charge >= 0.3 is 7.82 Å². The normalized spacial score (nSPS) is 13.5. The van der Waals surface area contributed by atoms with Crippen molar-refractivity contribution < 1.29 is 23.6 Å². The van der Waals surface area contributed by atoms with Crippen LogP contribution in [0.1, 0.15) is 84.0 Å². The van der Waals surface area contributed by atoms with E-state index in [0.29, 0.717) is 13.2 Å². The maximum Gasteiger partial charge on any atom is 0.469 e. The van der Waals surface area contributed by atoms with E-state index in [1.165, 1.54) is 64.2 Å². The van der Waals surface area contributed by atoms with Crippen LogP contribution in [-0.2, 0) is 13.8 Å². The lowest BCUT2D eigenvalue weighted by molar-refractivity contribution is -0.00257. The maximum atomic E-state index is 10.8. The predicted molar refractivity (Wildman–Crippen MR) is 107 cm³/mol. The van der Waals surface area contributed by atoms with Gasteiger partial charge in [-0.3, -0.25) is 4.52 Å². The molecule has 1 unspecified atom stereocenters. The van der Waals surface area contributed by atoms with Crippen LogP contribution >= 0.6 is 7.82 Å². The number of phosphoric acid groups is 1. The van der Waals surface area contributed by atoms with Crippen molar-refractivity contribution in [3.8, 4) is 0 Å². The van der Waals surface area contributed by atoms with Gasteiger partial charge in [0.25, 0.3) is 0 Å². The molecule has 0 heterocycles. The fraction of sp³-hybridized carbons (Fsp3) is 1.00. The fourth-order valence-corrected chi connectivity index (χ4v) is 3.29. The van der Waals surface area contributed by atoms with Gasteiger partial charge in [-0.2, -0.15) is 0 Å². The van der Waals surface area contributed by atoms with Gasteiger partial charge in [-0.25, -0.2) is 4.57 Å². The molecule has 0 saturated carbocycles. The van der Waals surface area contributed by atoms with Crippen molar-refractivity contribution in [3.05, 3.63) is 0 Å². The van der Waals surface area contributed by atoms with Crippen molar-refractivity contribution in [3.63, 3.8) is 0 Å². The second-order valence-corrected chi connectivity index (χ2v) is 8.67. The van der Waals surface area contributed by atoms with Crippen LogP contribution in [0.5, 0.6) is 0 Å². The zero-order valence-corrected chi connectivity index (χ0v) is 18.1. The van der Waals surface area contributed by atoms with E-state index < -0.39 is 7.82 Å². The number of nitrogens with zero attached hydrogens (tertiary/aromatic N) is 1. The van der Waals surface area contributed by atoms with Gasteiger partial charge in [-0.1, -0.05) is 77.6 Å². The summed E-state index contributed by atoms with van der Waals surface area (Å²) in [4.78, 5) is 19.5. The molecule has 26 heavy (non-hydrogen) atoms. The Morgan fingerprint density at radius 1 is 0.846 bits per heavy atom. The van der Waals surface area contributed by atoms with Crippen molar-refractivity contribution in [2.75, 3.05) is 33.9 Å². The largest absolute Gasteiger partial charge is 0.469 e. The van der Waals surface area contributed by atoms with Crippen molar-refractivity contribution >= 4 is 7.82 Å². The first-order valence-corrected chi connectivity index (χ1v) is 11.8. The second-order valence-electron chi connectivity index (χ2n) is 7.43. The summed E-state index contributed by atoms with van der Waals surface area (Å²) in [5.74, 6) is 0. The molecule has 7 heteroatoms. The Hall–Kier alpha value is 0.0300. The van der Waals surface area contributed by atoms with Gasteiger partial charge in [0.2, 0.25) is 0 Å². The highest BCUT2D eigenvalue weighted by atomic mass is 31.2. The van der Waals surface area contributed by atoms with E-state index in [1.54, 1.807) is 0 Å². The Morgan fingerprint density at radius 3 is 1.73 bits per heavy atom. The molecule has 0 amide bonds. The van der Waals surface area contributed by atoms with Gasteiger partial charge in [0.05, 0.1) is 12.7 Å². The average molecular weight is 396 g/mol. The minimum absolute atomic E-state index is 0.0826. The Labute approximate surface area is 160 Å². The smallest absolute Gasteiger partial charge is 0.374 e. The van der Waals surface area contributed by atoms with Gasteiger partial charge < -0.3 is 19.4 Å². The summed E-state index contributed by atoms with van der Waals surface area (Å²) in [6.45, 7) is 3.36. The summed E-state index contributed by atoms with van der Waals surface area (Å²) in [6, 6.07) is 0. The van der Waals surface area contributed by atoms with E-state index in [4.69, 9.17) is 14.5 Å². The first kappa shape index (κ1) is 26.0. The number of rotatable bonds is 19. The molecule has 0 aliphatic rings. The van der Waals surface area contributed by atoms with Gasteiger partial charge in [-0.15, -0.1) is 0 Å². The number of hydrogen-bond donors (Lipinski definition) is 2. The van der Waals surface area contributed by atoms with Gasteiger partial charge in [0.1, 0.15) is 0 Å². The molecule has 0 aromatic heterocycles. The molecule has 158 valence electrons. The number of likely N-dealkylation sites (N-methyl/N-ethyl adjacent to an activating group) is 1. The van der Waals surface area contributed by atoms with Gasteiger partial charge in [0, 0.05) is 13.2 Å². The molecule has 0 radical (unpaired) electrons. The van der Waals surface area contributed by atoms with Crippen LogP contribution in [0.25, 0.3) is 0 Å². The highest BCUT2D eigenvalue weighted by Gasteiger charge is 2.19. The lowest BCUT2D eigenvalue weighted by Gasteiger charge is -2.21. The Kier molecular flexibility index (Phi) is 17.2. The summed E-state index contributed by atoms with van der Waals surface area (Å²) in [5, 5.41) is 0. The van der Waals surface area contributed by atoms with Crippen LogP contribution in [0.4, 0.5) is 0 Å². The standard InChI is InChI=1S/C19H42NO5P/c1-4-5-6-7-8-9-10-11-12-13-14-15-16-24-19(17-20(2)3)18-25-26(21,22)23/h19H,4-18H2,1-3H3,(H2,21,22,23). The Balaban J connectivity index is 3.53. The molecule has 2 N–H and O–H groups in total. The first-order valence-electron chi connectivity index (χ1n) is 10.3. The lowest BCUT2D eigenvalue weighted by Crippen LogP contribution is -2.32. The molecule has 0 bridgehead atoms. The molecule has 0 aliphatic carbocycles. The van der Waals surface area contributed by atoms with Crippen LogP contribution in [0.15, 0.2) is 0 Å². The molecule has 1 atom stereocenters. The molecule has 0 aromatic carbocycles. The summed E-state index contributed by atoms with van der Waals surface area (Å²) < 4.78 is 21.1. The molecular weight excluding hydrogens is 353 g/mol. The quantitative estimate of drug-likeness (QED) is 0.243. The highest BCUT2D eigenvalue weighted by molar-refractivity contribution is 7.46. The summed E-state index contributed by atoms with van der Waals surface area (Å²) >= 11 is 0. The van der Waals surface area contributed by atoms with Crippen LogP contribution in [-0.4, -0.2) is 54.6 Å². The highest BCUT2D eigenvalue weighted by Crippen LogP contribution is 2.35. The average Bonchev–Trinajstić information content (AvgIpc) is 2.55. The molecule has 0 rings (SSSR count). The van der Waals surface area contributed by atoms with Crippen LogP contribution in [0.3, 0.4) is 0 Å². The van der Waals surface area contributed by atoms with Crippen molar-refractivity contribution in [2.24, 2.45) is 0 Å². The van der Waals surface area contributed by atoms with E-state index in [9.17, 15) is 4.57 Å². The van der Waals surface area contributed by atoms with E-state index in [1.807, 2.05) is 19.0 Å². The minimum Gasteiger partial charge on any atom is -0.374 e. The number of phosphoric ester groups is 1. The maximum absolute atomic E-state index is 10.8. The number of hydrogen-bond acceptors (Lipinski definition) is 4. The van der Waals surface area contributed by atoms with Crippen LogP contribution < -0.4 is 0 Å². The van der Waals surface area contributed by atoms with Crippen molar-refractivity contribution in [1.82, 2.24) is 4.90 Å². The van der Waals surface area contributed by atoms with Crippen molar-refractivity contribution in [1.29, 1.82) is 0 Å².